The van der Waals surface area contributed by atoms with Crippen LogP contribution in [0.1, 0.15) is 17.1 Å². The Labute approximate surface area is 170 Å². The van der Waals surface area contributed by atoms with E-state index in [0.717, 1.165) is 18.0 Å². The zero-order valence-corrected chi connectivity index (χ0v) is 16.6. The van der Waals surface area contributed by atoms with E-state index in [0.29, 0.717) is 24.0 Å². The van der Waals surface area contributed by atoms with Crippen LogP contribution < -0.4 is 10.6 Å². The largest absolute Gasteiger partial charge is 0.417 e. The fraction of sp³-hybridized carbons (Fsp3) is 0.250. The van der Waals surface area contributed by atoms with E-state index in [4.69, 9.17) is 0 Å². The lowest BCUT2D eigenvalue weighted by Crippen LogP contribution is -2.37. The summed E-state index contributed by atoms with van der Waals surface area (Å²) in [5.41, 5.74) is 0.410. The summed E-state index contributed by atoms with van der Waals surface area (Å²) < 4.78 is 39.9. The maximum Gasteiger partial charge on any atom is 0.417 e. The van der Waals surface area contributed by atoms with Gasteiger partial charge >= 0.3 is 6.18 Å². The number of nitrogens with one attached hydrogen (secondary N) is 2. The molecule has 7 nitrogen and oxygen atoms in total. The van der Waals surface area contributed by atoms with Gasteiger partial charge in [-0.2, -0.15) is 13.2 Å². The van der Waals surface area contributed by atoms with Crippen molar-refractivity contribution < 1.29 is 13.2 Å². The normalized spacial score (nSPS) is 11.9. The number of guanidine groups is 1. The minimum absolute atomic E-state index is 0. The van der Waals surface area contributed by atoms with Crippen molar-refractivity contribution in [3.8, 4) is 0 Å². The Kier molecular flexibility index (Phi) is 6.93. The first-order valence-corrected chi connectivity index (χ1v) is 7.72. The first-order chi connectivity index (χ1) is 12.5. The van der Waals surface area contributed by atoms with Gasteiger partial charge in [-0.05, 0) is 24.3 Å². The van der Waals surface area contributed by atoms with Crippen LogP contribution in [0.4, 0.5) is 13.2 Å². The van der Waals surface area contributed by atoms with Crippen LogP contribution >= 0.6 is 24.0 Å². The number of hydrogen-bond donors (Lipinski definition) is 2. The molecule has 3 aromatic heterocycles. The number of hydrogen-bond acceptors (Lipinski definition) is 4. The lowest BCUT2D eigenvalue weighted by Gasteiger charge is -2.11. The van der Waals surface area contributed by atoms with Gasteiger partial charge in [0.25, 0.3) is 0 Å². The number of fused-ring (bicyclic) bond motifs is 1. The van der Waals surface area contributed by atoms with E-state index in [-0.39, 0.29) is 30.5 Å². The molecule has 3 rings (SSSR count). The number of nitrogens with zero attached hydrogens (tertiary/aromatic N) is 5. The molecule has 0 fully saturated rings. The smallest absolute Gasteiger partial charge is 0.351 e. The van der Waals surface area contributed by atoms with Crippen LogP contribution in [-0.4, -0.2) is 32.6 Å². The molecule has 0 bridgehead atoms. The monoisotopic (exact) mass is 491 g/mol. The van der Waals surface area contributed by atoms with Crippen molar-refractivity contribution in [3.05, 3.63) is 59.8 Å². The van der Waals surface area contributed by atoms with Crippen LogP contribution in [0.3, 0.4) is 0 Å². The second-order valence-corrected chi connectivity index (χ2v) is 5.36. The summed E-state index contributed by atoms with van der Waals surface area (Å²) in [6, 6.07) is 7.83. The zero-order valence-electron chi connectivity index (χ0n) is 14.2. The molecule has 3 aromatic rings. The van der Waals surface area contributed by atoms with Gasteiger partial charge in [0.2, 0.25) is 0 Å². The van der Waals surface area contributed by atoms with E-state index in [2.05, 4.69) is 30.8 Å². The van der Waals surface area contributed by atoms with Gasteiger partial charge in [-0.15, -0.1) is 34.2 Å². The molecule has 11 heteroatoms. The Hall–Kier alpha value is -2.44. The van der Waals surface area contributed by atoms with E-state index < -0.39 is 11.7 Å². The summed E-state index contributed by atoms with van der Waals surface area (Å²) >= 11 is 0. The minimum Gasteiger partial charge on any atom is -0.351 e. The van der Waals surface area contributed by atoms with E-state index >= 15 is 0 Å². The highest BCUT2D eigenvalue weighted by molar-refractivity contribution is 14.0. The Morgan fingerprint density at radius 1 is 1.11 bits per heavy atom. The molecule has 0 radical (unpaired) electrons. The van der Waals surface area contributed by atoms with Crippen LogP contribution in [0.2, 0.25) is 0 Å². The molecule has 144 valence electrons. The number of pyridine rings is 2. The Morgan fingerprint density at radius 3 is 2.56 bits per heavy atom. The molecule has 0 aromatic carbocycles. The van der Waals surface area contributed by atoms with Crippen molar-refractivity contribution in [2.45, 2.75) is 19.3 Å². The Bertz CT molecular complexity index is 909. The Balaban J connectivity index is 0.00000261. The van der Waals surface area contributed by atoms with Crippen LogP contribution in [0, 0.1) is 0 Å². The van der Waals surface area contributed by atoms with Crippen LogP contribution in [0.15, 0.2) is 47.7 Å². The highest BCUT2D eigenvalue weighted by Crippen LogP contribution is 2.29. The number of alkyl halides is 3. The second-order valence-electron chi connectivity index (χ2n) is 5.36. The number of halogens is 4. The van der Waals surface area contributed by atoms with Crippen molar-refractivity contribution >= 4 is 35.6 Å². The third kappa shape index (κ3) is 5.28. The summed E-state index contributed by atoms with van der Waals surface area (Å²) in [5.74, 6) is 0.811. The average molecular weight is 491 g/mol. The first-order valence-electron chi connectivity index (χ1n) is 7.72. The molecule has 3 heterocycles. The fourth-order valence-corrected chi connectivity index (χ4v) is 2.29. The van der Waals surface area contributed by atoms with Crippen molar-refractivity contribution in [1.82, 2.24) is 30.2 Å². The van der Waals surface area contributed by atoms with Crippen LogP contribution in [0.25, 0.3) is 5.65 Å². The number of aromatic nitrogens is 4. The molecule has 0 atom stereocenters. The van der Waals surface area contributed by atoms with Gasteiger partial charge in [0.15, 0.2) is 17.4 Å². The summed E-state index contributed by atoms with van der Waals surface area (Å²) in [7, 11) is 1.59. The van der Waals surface area contributed by atoms with Gasteiger partial charge in [-0.1, -0.05) is 6.07 Å². The molecule has 2 N–H and O–H groups in total. The predicted molar refractivity (Wildman–Crippen MR) is 105 cm³/mol. The van der Waals surface area contributed by atoms with E-state index in [1.807, 2.05) is 18.2 Å². The number of rotatable bonds is 4. The molecule has 27 heavy (non-hydrogen) atoms. The third-order valence-corrected chi connectivity index (χ3v) is 3.60. The molecule has 0 amide bonds. The molecule has 0 aliphatic carbocycles. The van der Waals surface area contributed by atoms with Crippen LogP contribution in [-0.2, 0) is 19.3 Å². The maximum absolute atomic E-state index is 12.9. The second kappa shape index (κ2) is 8.97. The van der Waals surface area contributed by atoms with Crippen molar-refractivity contribution in [3.63, 3.8) is 0 Å². The van der Waals surface area contributed by atoms with Crippen molar-refractivity contribution in [2.24, 2.45) is 4.99 Å². The highest BCUT2D eigenvalue weighted by Gasteiger charge is 2.31. The molecule has 0 aliphatic rings. The standard InChI is InChI=1S/C16H16F3N7.HI/c1-20-15(22-8-12-4-2-3-7-21-12)23-9-14-25-24-13-6-5-11(10-26(13)14)16(17,18)19;/h2-7,10H,8-9H2,1H3,(H2,20,22,23);1H. The van der Waals surface area contributed by atoms with Gasteiger partial charge in [0, 0.05) is 19.4 Å². The summed E-state index contributed by atoms with van der Waals surface area (Å²) in [5, 5.41) is 13.9. The topological polar surface area (TPSA) is 79.5 Å². The fourth-order valence-electron chi connectivity index (χ4n) is 2.29. The van der Waals surface area contributed by atoms with Crippen molar-refractivity contribution in [2.75, 3.05) is 7.05 Å². The van der Waals surface area contributed by atoms with Gasteiger partial charge in [-0.3, -0.25) is 14.4 Å². The molecule has 0 aliphatic heterocycles. The Morgan fingerprint density at radius 2 is 1.89 bits per heavy atom. The minimum atomic E-state index is -4.43. The maximum atomic E-state index is 12.9. The highest BCUT2D eigenvalue weighted by atomic mass is 127. The van der Waals surface area contributed by atoms with Gasteiger partial charge in [-0.25, -0.2) is 0 Å². The molecule has 0 spiro atoms. The SMILES string of the molecule is CN=C(NCc1ccccn1)NCc1nnc2ccc(C(F)(F)F)cn12.I. The third-order valence-electron chi connectivity index (χ3n) is 3.60. The van der Waals surface area contributed by atoms with Gasteiger partial charge < -0.3 is 10.6 Å². The van der Waals surface area contributed by atoms with E-state index in [1.54, 1.807) is 13.2 Å². The van der Waals surface area contributed by atoms with E-state index in [9.17, 15) is 13.2 Å². The zero-order chi connectivity index (χ0) is 18.6. The quantitative estimate of drug-likeness (QED) is 0.334. The molecule has 0 saturated carbocycles. The summed E-state index contributed by atoms with van der Waals surface area (Å²) in [6.45, 7) is 0.615. The van der Waals surface area contributed by atoms with Gasteiger partial charge in [0.05, 0.1) is 24.3 Å². The lowest BCUT2D eigenvalue weighted by atomic mass is 10.3. The van der Waals surface area contributed by atoms with Crippen LogP contribution in [0.5, 0.6) is 0 Å². The van der Waals surface area contributed by atoms with Gasteiger partial charge in [0.1, 0.15) is 0 Å². The summed E-state index contributed by atoms with van der Waals surface area (Å²) in [4.78, 5) is 8.26. The van der Waals surface area contributed by atoms with Crippen molar-refractivity contribution in [1.29, 1.82) is 0 Å². The molecular weight excluding hydrogens is 474 g/mol. The summed E-state index contributed by atoms with van der Waals surface area (Å²) in [6.07, 6.45) is -1.76. The average Bonchev–Trinajstić information content (AvgIpc) is 3.04. The number of aliphatic imine (C=N–C) groups is 1. The molecule has 0 saturated heterocycles. The van der Waals surface area contributed by atoms with E-state index in [1.165, 1.54) is 10.5 Å². The molecule has 0 unspecified atom stereocenters. The lowest BCUT2D eigenvalue weighted by molar-refractivity contribution is -0.137. The first kappa shape index (κ1) is 20.9. The predicted octanol–water partition coefficient (Wildman–Crippen LogP) is 2.63. The molecular formula is C16H17F3IN7.